The molecule has 0 aliphatic carbocycles. The Morgan fingerprint density at radius 3 is 2.95 bits per heavy atom. The van der Waals surface area contributed by atoms with Crippen molar-refractivity contribution in [2.24, 2.45) is 0 Å². The molecule has 94 valence electrons. The lowest BCUT2D eigenvalue weighted by Gasteiger charge is -1.94. The van der Waals surface area contributed by atoms with Gasteiger partial charge in [0.2, 0.25) is 5.78 Å². The van der Waals surface area contributed by atoms with E-state index >= 15 is 0 Å². The highest BCUT2D eigenvalue weighted by molar-refractivity contribution is 5.79. The highest BCUT2D eigenvalue weighted by atomic mass is 19.1. The monoisotopic (exact) mass is 253 g/mol. The Hall–Kier alpha value is -2.41. The molecule has 19 heavy (non-hydrogen) atoms. The highest BCUT2D eigenvalue weighted by Gasteiger charge is 2.04. The molecular formula is C15H12FN3. The van der Waals surface area contributed by atoms with Gasteiger partial charge in [0.05, 0.1) is 17.7 Å². The van der Waals surface area contributed by atoms with Crippen LogP contribution in [0, 0.1) is 11.8 Å². The molecule has 0 atom stereocenters. The van der Waals surface area contributed by atoms with Crippen LogP contribution >= 0.6 is 0 Å². The van der Waals surface area contributed by atoms with Crippen LogP contribution in [-0.4, -0.2) is 21.0 Å². The zero-order valence-corrected chi connectivity index (χ0v) is 10.3. The van der Waals surface area contributed by atoms with Crippen LogP contribution in [0.3, 0.4) is 0 Å². The van der Waals surface area contributed by atoms with E-state index in [1.165, 1.54) is 0 Å². The third-order valence-corrected chi connectivity index (χ3v) is 2.83. The fourth-order valence-corrected chi connectivity index (χ4v) is 1.93. The number of fused-ring (bicyclic) bond motifs is 3. The SMILES string of the molecule is FCCCC#Cc1ccn2c(n1)nc1ccccc12. The van der Waals surface area contributed by atoms with E-state index in [9.17, 15) is 4.39 Å². The van der Waals surface area contributed by atoms with Gasteiger partial charge in [-0.05, 0) is 30.5 Å². The number of para-hydroxylation sites is 2. The summed E-state index contributed by atoms with van der Waals surface area (Å²) in [6, 6.07) is 9.73. The van der Waals surface area contributed by atoms with Crippen LogP contribution in [-0.2, 0) is 0 Å². The van der Waals surface area contributed by atoms with Gasteiger partial charge in [0.15, 0.2) is 0 Å². The normalized spacial score (nSPS) is 10.6. The quantitative estimate of drug-likeness (QED) is 0.519. The topological polar surface area (TPSA) is 30.2 Å². The van der Waals surface area contributed by atoms with Crippen LogP contribution < -0.4 is 0 Å². The average molecular weight is 253 g/mol. The Balaban J connectivity index is 2.00. The Labute approximate surface area is 110 Å². The Bertz CT molecular complexity index is 780. The van der Waals surface area contributed by atoms with E-state index in [0.717, 1.165) is 11.0 Å². The first-order valence-electron chi connectivity index (χ1n) is 6.17. The minimum absolute atomic E-state index is 0.327. The first kappa shape index (κ1) is 11.7. The molecule has 2 heterocycles. The van der Waals surface area contributed by atoms with Crippen LogP contribution in [0.15, 0.2) is 36.5 Å². The maximum atomic E-state index is 11.9. The first-order chi connectivity index (χ1) is 9.38. The third-order valence-electron chi connectivity index (χ3n) is 2.83. The van der Waals surface area contributed by atoms with Crippen LogP contribution in [0.5, 0.6) is 0 Å². The van der Waals surface area contributed by atoms with Gasteiger partial charge in [-0.15, -0.1) is 0 Å². The van der Waals surface area contributed by atoms with Gasteiger partial charge in [0.1, 0.15) is 5.69 Å². The van der Waals surface area contributed by atoms with Crippen LogP contribution in [0.2, 0.25) is 0 Å². The van der Waals surface area contributed by atoms with Crippen LogP contribution in [0.1, 0.15) is 18.5 Å². The van der Waals surface area contributed by atoms with E-state index in [1.54, 1.807) is 0 Å². The lowest BCUT2D eigenvalue weighted by Crippen LogP contribution is -1.90. The van der Waals surface area contributed by atoms with E-state index in [2.05, 4.69) is 21.8 Å². The number of hydrogen-bond acceptors (Lipinski definition) is 2. The van der Waals surface area contributed by atoms with Crippen molar-refractivity contribution in [3.63, 3.8) is 0 Å². The molecule has 3 aromatic rings. The number of aromatic nitrogens is 3. The predicted octanol–water partition coefficient (Wildman–Crippen LogP) is 2.98. The Morgan fingerprint density at radius 2 is 2.05 bits per heavy atom. The van der Waals surface area contributed by atoms with Crippen molar-refractivity contribution in [3.05, 3.63) is 42.2 Å². The molecule has 0 bridgehead atoms. The molecule has 3 nitrogen and oxygen atoms in total. The molecule has 2 aromatic heterocycles. The molecular weight excluding hydrogens is 241 g/mol. The maximum absolute atomic E-state index is 11.9. The van der Waals surface area contributed by atoms with Crippen molar-refractivity contribution in [1.82, 2.24) is 14.4 Å². The molecule has 0 spiro atoms. The molecule has 0 saturated carbocycles. The molecule has 0 unspecified atom stereocenters. The van der Waals surface area contributed by atoms with E-state index < -0.39 is 0 Å². The van der Waals surface area contributed by atoms with E-state index in [-0.39, 0.29) is 6.67 Å². The summed E-state index contributed by atoms with van der Waals surface area (Å²) < 4.78 is 13.9. The second kappa shape index (κ2) is 5.07. The fourth-order valence-electron chi connectivity index (χ4n) is 1.93. The smallest absolute Gasteiger partial charge is 0.236 e. The van der Waals surface area contributed by atoms with Crippen LogP contribution in [0.25, 0.3) is 16.8 Å². The molecule has 0 radical (unpaired) electrons. The summed E-state index contributed by atoms with van der Waals surface area (Å²) in [6.07, 6.45) is 2.94. The number of halogens is 1. The fraction of sp³-hybridized carbons (Fsp3) is 0.200. The van der Waals surface area contributed by atoms with Gasteiger partial charge in [-0.3, -0.25) is 8.79 Å². The zero-order valence-electron chi connectivity index (χ0n) is 10.3. The van der Waals surface area contributed by atoms with Crippen LogP contribution in [0.4, 0.5) is 4.39 Å². The van der Waals surface area contributed by atoms with Gasteiger partial charge in [-0.25, -0.2) is 9.97 Å². The summed E-state index contributed by atoms with van der Waals surface area (Å²) in [4.78, 5) is 8.84. The molecule has 3 rings (SSSR count). The van der Waals surface area contributed by atoms with Gasteiger partial charge in [0, 0.05) is 12.6 Å². The van der Waals surface area contributed by atoms with E-state index in [4.69, 9.17) is 0 Å². The largest absolute Gasteiger partial charge is 0.284 e. The zero-order chi connectivity index (χ0) is 13.1. The Morgan fingerprint density at radius 1 is 1.16 bits per heavy atom. The second-order valence-corrected chi connectivity index (χ2v) is 4.18. The average Bonchev–Trinajstić information content (AvgIpc) is 2.81. The number of alkyl halides is 1. The molecule has 0 amide bonds. The number of imidazole rings is 1. The lowest BCUT2D eigenvalue weighted by atomic mass is 10.3. The number of rotatable bonds is 2. The minimum Gasteiger partial charge on any atom is -0.284 e. The third kappa shape index (κ3) is 2.27. The van der Waals surface area contributed by atoms with Crippen molar-refractivity contribution in [2.45, 2.75) is 12.8 Å². The first-order valence-corrected chi connectivity index (χ1v) is 6.17. The number of benzene rings is 1. The second-order valence-electron chi connectivity index (χ2n) is 4.18. The lowest BCUT2D eigenvalue weighted by molar-refractivity contribution is 0.477. The Kier molecular flexibility index (Phi) is 3.11. The van der Waals surface area contributed by atoms with Crippen molar-refractivity contribution in [1.29, 1.82) is 0 Å². The molecule has 0 N–H and O–H groups in total. The van der Waals surface area contributed by atoms with Gasteiger partial charge < -0.3 is 0 Å². The van der Waals surface area contributed by atoms with Crippen molar-refractivity contribution >= 4 is 16.8 Å². The molecule has 0 aliphatic heterocycles. The standard InChI is InChI=1S/C15H12FN3/c16-10-5-1-2-6-12-9-11-19-14-8-4-3-7-13(14)18-15(19)17-12/h3-4,7-9,11H,1,5,10H2. The molecule has 0 saturated heterocycles. The minimum atomic E-state index is -0.327. The summed E-state index contributed by atoms with van der Waals surface area (Å²) in [5.74, 6) is 6.48. The summed E-state index contributed by atoms with van der Waals surface area (Å²) in [7, 11) is 0. The van der Waals surface area contributed by atoms with Crippen molar-refractivity contribution < 1.29 is 4.39 Å². The summed E-state index contributed by atoms with van der Waals surface area (Å²) >= 11 is 0. The molecule has 0 aliphatic rings. The number of nitrogens with zero attached hydrogens (tertiary/aromatic N) is 3. The van der Waals surface area contributed by atoms with Crippen molar-refractivity contribution in [3.8, 4) is 11.8 Å². The highest BCUT2D eigenvalue weighted by Crippen LogP contribution is 2.14. The van der Waals surface area contributed by atoms with Gasteiger partial charge in [-0.1, -0.05) is 18.1 Å². The van der Waals surface area contributed by atoms with Gasteiger partial charge in [-0.2, -0.15) is 0 Å². The maximum Gasteiger partial charge on any atom is 0.236 e. The summed E-state index contributed by atoms with van der Waals surface area (Å²) in [6.45, 7) is -0.327. The molecule has 4 heteroatoms. The molecule has 0 fully saturated rings. The summed E-state index contributed by atoms with van der Waals surface area (Å²) in [5.41, 5.74) is 2.61. The number of hydrogen-bond donors (Lipinski definition) is 0. The number of unbranched alkanes of at least 4 members (excludes halogenated alkanes) is 1. The van der Waals surface area contributed by atoms with E-state index in [0.29, 0.717) is 24.3 Å². The van der Waals surface area contributed by atoms with Gasteiger partial charge in [0.25, 0.3) is 0 Å². The van der Waals surface area contributed by atoms with E-state index in [1.807, 2.05) is 40.9 Å². The predicted molar refractivity (Wildman–Crippen MR) is 72.6 cm³/mol. The van der Waals surface area contributed by atoms with Crippen molar-refractivity contribution in [2.75, 3.05) is 6.67 Å². The molecule has 1 aromatic carbocycles. The summed E-state index contributed by atoms with van der Waals surface area (Å²) in [5, 5.41) is 0. The van der Waals surface area contributed by atoms with Gasteiger partial charge >= 0.3 is 0 Å².